The number of benzene rings is 2. The number of aromatic hydroxyl groups is 2. The number of aryl methyl sites for hydroxylation is 3. The number of phenols is 2. The lowest BCUT2D eigenvalue weighted by molar-refractivity contribution is 0.288. The number of phenolic OH excluding ortho intramolecular Hbond substituents is 2. The molecule has 4 heteroatoms. The summed E-state index contributed by atoms with van der Waals surface area (Å²) in [6, 6.07) is 10.8. The second-order valence-corrected chi connectivity index (χ2v) is 5.44. The number of aliphatic hydroxyl groups is 2. The molecular formula is C20H24O4. The largest absolute Gasteiger partial charge is 0.508 e. The Morgan fingerprint density at radius 3 is 2.04 bits per heavy atom. The van der Waals surface area contributed by atoms with Crippen LogP contribution >= 0.6 is 0 Å². The molecular weight excluding hydrogens is 304 g/mol. The van der Waals surface area contributed by atoms with Gasteiger partial charge in [0.05, 0.1) is 5.56 Å². The molecule has 2 rings (SSSR count). The molecule has 0 saturated carbocycles. The van der Waals surface area contributed by atoms with E-state index in [9.17, 15) is 10.2 Å². The average Bonchev–Trinajstić information content (AvgIpc) is 2.54. The molecule has 4 nitrogen and oxygen atoms in total. The summed E-state index contributed by atoms with van der Waals surface area (Å²) in [6.07, 6.45) is 1.44. The molecule has 2 aromatic carbocycles. The van der Waals surface area contributed by atoms with Crippen LogP contribution in [0.2, 0.25) is 0 Å². The summed E-state index contributed by atoms with van der Waals surface area (Å²) in [7, 11) is 0. The van der Waals surface area contributed by atoms with Crippen molar-refractivity contribution in [3.05, 3.63) is 58.7 Å². The first-order valence-electron chi connectivity index (χ1n) is 7.76. The molecule has 0 bridgehead atoms. The Morgan fingerprint density at radius 1 is 0.875 bits per heavy atom. The Bertz CT molecular complexity index is 711. The molecule has 0 amide bonds. The fourth-order valence-electron chi connectivity index (χ4n) is 2.04. The van der Waals surface area contributed by atoms with Crippen LogP contribution in [-0.4, -0.2) is 33.6 Å². The fourth-order valence-corrected chi connectivity index (χ4v) is 2.04. The van der Waals surface area contributed by atoms with Gasteiger partial charge in [-0.15, -0.1) is 0 Å². The van der Waals surface area contributed by atoms with Crippen molar-refractivity contribution in [2.24, 2.45) is 0 Å². The normalized spacial score (nSPS) is 9.50. The number of aliphatic hydroxyl groups excluding tert-OH is 2. The van der Waals surface area contributed by atoms with Gasteiger partial charge in [-0.1, -0.05) is 30.0 Å². The highest BCUT2D eigenvalue weighted by Gasteiger charge is 1.99. The Kier molecular flexibility index (Phi) is 8.42. The molecule has 0 saturated heterocycles. The van der Waals surface area contributed by atoms with Gasteiger partial charge in [-0.25, -0.2) is 0 Å². The van der Waals surface area contributed by atoms with Crippen LogP contribution in [0.1, 0.15) is 28.7 Å². The van der Waals surface area contributed by atoms with E-state index in [1.165, 1.54) is 0 Å². The maximum absolute atomic E-state index is 9.44. The minimum atomic E-state index is -0.187. The van der Waals surface area contributed by atoms with Gasteiger partial charge in [-0.3, -0.25) is 0 Å². The van der Waals surface area contributed by atoms with Gasteiger partial charge in [0.1, 0.15) is 18.1 Å². The van der Waals surface area contributed by atoms with E-state index in [4.69, 9.17) is 10.2 Å². The Labute approximate surface area is 143 Å². The fraction of sp³-hybridized carbons (Fsp3) is 0.300. The predicted octanol–water partition coefficient (Wildman–Crippen LogP) is 2.67. The SMILES string of the molecule is Cc1ccc(C#CCO)c(O)c1.Cc1ccc(CCCO)c(O)c1. The average molecular weight is 328 g/mol. The number of rotatable bonds is 3. The van der Waals surface area contributed by atoms with E-state index < -0.39 is 0 Å². The molecule has 0 aliphatic rings. The first kappa shape index (κ1) is 19.6. The van der Waals surface area contributed by atoms with Crippen molar-refractivity contribution in [2.45, 2.75) is 26.7 Å². The molecule has 0 spiro atoms. The van der Waals surface area contributed by atoms with Crippen molar-refractivity contribution in [3.8, 4) is 23.3 Å². The van der Waals surface area contributed by atoms with Crippen LogP contribution in [0.25, 0.3) is 0 Å². The van der Waals surface area contributed by atoms with Crippen molar-refractivity contribution < 1.29 is 20.4 Å². The topological polar surface area (TPSA) is 80.9 Å². The van der Waals surface area contributed by atoms with Gasteiger partial charge in [0.25, 0.3) is 0 Å². The number of hydrogen-bond acceptors (Lipinski definition) is 4. The minimum absolute atomic E-state index is 0.163. The van der Waals surface area contributed by atoms with Gasteiger partial charge in [-0.05, 0) is 61.6 Å². The van der Waals surface area contributed by atoms with E-state index in [0.717, 1.165) is 23.1 Å². The summed E-state index contributed by atoms with van der Waals surface area (Å²) in [6.45, 7) is 3.82. The Balaban J connectivity index is 0.000000240. The zero-order valence-corrected chi connectivity index (χ0v) is 14.1. The van der Waals surface area contributed by atoms with E-state index in [0.29, 0.717) is 17.7 Å². The summed E-state index contributed by atoms with van der Waals surface area (Å²) < 4.78 is 0. The lowest BCUT2D eigenvalue weighted by Gasteiger charge is -2.03. The summed E-state index contributed by atoms with van der Waals surface area (Å²) >= 11 is 0. The third-order valence-electron chi connectivity index (χ3n) is 3.30. The van der Waals surface area contributed by atoms with Gasteiger partial charge in [0.15, 0.2) is 0 Å². The van der Waals surface area contributed by atoms with Crippen LogP contribution in [0.3, 0.4) is 0 Å². The lowest BCUT2D eigenvalue weighted by Crippen LogP contribution is -1.90. The second kappa shape index (κ2) is 10.3. The van der Waals surface area contributed by atoms with Gasteiger partial charge < -0.3 is 20.4 Å². The summed E-state index contributed by atoms with van der Waals surface area (Å²) in [5.74, 6) is 5.61. The zero-order chi connectivity index (χ0) is 17.9. The van der Waals surface area contributed by atoms with Crippen LogP contribution in [-0.2, 0) is 6.42 Å². The van der Waals surface area contributed by atoms with E-state index in [-0.39, 0.29) is 19.0 Å². The molecule has 2 aromatic rings. The van der Waals surface area contributed by atoms with Gasteiger partial charge >= 0.3 is 0 Å². The van der Waals surface area contributed by atoms with Crippen molar-refractivity contribution in [3.63, 3.8) is 0 Å². The molecule has 0 aliphatic heterocycles. The highest BCUT2D eigenvalue weighted by Crippen LogP contribution is 2.19. The van der Waals surface area contributed by atoms with E-state index in [2.05, 4.69) is 11.8 Å². The molecule has 0 aromatic heterocycles. The van der Waals surface area contributed by atoms with E-state index in [1.54, 1.807) is 18.2 Å². The first-order valence-corrected chi connectivity index (χ1v) is 7.76. The third kappa shape index (κ3) is 6.74. The van der Waals surface area contributed by atoms with Crippen molar-refractivity contribution >= 4 is 0 Å². The molecule has 0 radical (unpaired) electrons. The zero-order valence-electron chi connectivity index (χ0n) is 14.1. The number of hydrogen-bond donors (Lipinski definition) is 4. The molecule has 0 unspecified atom stereocenters. The molecule has 0 heterocycles. The first-order chi connectivity index (χ1) is 11.5. The van der Waals surface area contributed by atoms with E-state index in [1.807, 2.05) is 32.0 Å². The molecule has 0 fully saturated rings. The monoisotopic (exact) mass is 328 g/mol. The minimum Gasteiger partial charge on any atom is -0.508 e. The molecule has 128 valence electrons. The maximum Gasteiger partial charge on any atom is 0.131 e. The van der Waals surface area contributed by atoms with Crippen LogP contribution in [0.4, 0.5) is 0 Å². The highest BCUT2D eigenvalue weighted by molar-refractivity contribution is 5.46. The van der Waals surface area contributed by atoms with Crippen molar-refractivity contribution in [2.75, 3.05) is 13.2 Å². The standard InChI is InChI=1S/C10H14O2.C10H10O2/c2*1-8-4-5-9(3-2-6-11)10(12)7-8/h4-5,7,11-12H,2-3,6H2,1H3;4-5,7,11-12H,6H2,1H3. The Hall–Kier alpha value is -2.48. The maximum atomic E-state index is 9.44. The van der Waals surface area contributed by atoms with Crippen molar-refractivity contribution in [1.82, 2.24) is 0 Å². The Morgan fingerprint density at radius 2 is 1.50 bits per heavy atom. The van der Waals surface area contributed by atoms with Gasteiger partial charge in [0.2, 0.25) is 0 Å². The third-order valence-corrected chi connectivity index (χ3v) is 3.30. The van der Waals surface area contributed by atoms with Crippen molar-refractivity contribution in [1.29, 1.82) is 0 Å². The quantitative estimate of drug-likeness (QED) is 0.653. The highest BCUT2D eigenvalue weighted by atomic mass is 16.3. The summed E-state index contributed by atoms with van der Waals surface area (Å²) in [5, 5.41) is 35.8. The smallest absolute Gasteiger partial charge is 0.131 e. The summed E-state index contributed by atoms with van der Waals surface area (Å²) in [4.78, 5) is 0. The van der Waals surface area contributed by atoms with Crippen LogP contribution < -0.4 is 0 Å². The van der Waals surface area contributed by atoms with Crippen LogP contribution in [0.5, 0.6) is 11.5 Å². The second-order valence-electron chi connectivity index (χ2n) is 5.44. The summed E-state index contributed by atoms with van der Waals surface area (Å²) in [5.41, 5.74) is 3.51. The van der Waals surface area contributed by atoms with E-state index >= 15 is 0 Å². The van der Waals surface area contributed by atoms with Gasteiger partial charge in [0, 0.05) is 6.61 Å². The predicted molar refractivity (Wildman–Crippen MR) is 95.1 cm³/mol. The van der Waals surface area contributed by atoms with Crippen LogP contribution in [0, 0.1) is 25.7 Å². The molecule has 0 aliphatic carbocycles. The lowest BCUT2D eigenvalue weighted by atomic mass is 10.1. The molecule has 4 N–H and O–H groups in total. The molecule has 0 atom stereocenters. The van der Waals surface area contributed by atoms with Crippen LogP contribution in [0.15, 0.2) is 36.4 Å². The molecule has 24 heavy (non-hydrogen) atoms. The van der Waals surface area contributed by atoms with Gasteiger partial charge in [-0.2, -0.15) is 0 Å².